The van der Waals surface area contributed by atoms with Crippen molar-refractivity contribution in [2.75, 3.05) is 26.2 Å². The van der Waals surface area contributed by atoms with E-state index in [1.54, 1.807) is 12.1 Å². The second-order valence-corrected chi connectivity index (χ2v) is 8.51. The van der Waals surface area contributed by atoms with Crippen LogP contribution in [0.4, 0.5) is 0 Å². The molecule has 0 spiro atoms. The van der Waals surface area contributed by atoms with Crippen molar-refractivity contribution < 1.29 is 14.6 Å². The van der Waals surface area contributed by atoms with Crippen molar-refractivity contribution in [2.45, 2.75) is 12.8 Å². The molecule has 1 heterocycles. The smallest absolute Gasteiger partial charge is 0.194 e. The Morgan fingerprint density at radius 3 is 2.33 bits per heavy atom. The first-order valence-corrected chi connectivity index (χ1v) is 11.5. The normalized spacial score (nSPS) is 13.9. The van der Waals surface area contributed by atoms with Crippen molar-refractivity contribution in [3.05, 3.63) is 96.1 Å². The third-order valence-electron chi connectivity index (χ3n) is 6.33. The first kappa shape index (κ1) is 21.2. The Hall–Kier alpha value is -3.63. The molecule has 5 rings (SSSR count). The van der Waals surface area contributed by atoms with Gasteiger partial charge in [-0.2, -0.15) is 0 Å². The van der Waals surface area contributed by atoms with Gasteiger partial charge in [0, 0.05) is 17.7 Å². The number of likely N-dealkylation sites (tertiary alicyclic amines) is 1. The van der Waals surface area contributed by atoms with E-state index in [9.17, 15) is 9.90 Å². The molecule has 0 amide bonds. The van der Waals surface area contributed by atoms with Gasteiger partial charge in [-0.05, 0) is 84.2 Å². The molecule has 1 aliphatic rings. The molecule has 4 aromatic carbocycles. The van der Waals surface area contributed by atoms with Crippen LogP contribution >= 0.6 is 0 Å². The van der Waals surface area contributed by atoms with E-state index in [2.05, 4.69) is 4.90 Å². The summed E-state index contributed by atoms with van der Waals surface area (Å²) in [5.74, 6) is 0.952. The van der Waals surface area contributed by atoms with Gasteiger partial charge in [0.05, 0.1) is 0 Å². The minimum atomic E-state index is -0.0292. The Labute approximate surface area is 194 Å². The van der Waals surface area contributed by atoms with Gasteiger partial charge in [-0.25, -0.2) is 0 Å². The lowest BCUT2D eigenvalue weighted by Crippen LogP contribution is -2.25. The fourth-order valence-electron chi connectivity index (χ4n) is 4.54. The number of phenolic OH excluding ortho intramolecular Hbond substituents is 1. The number of ether oxygens (including phenoxy) is 1. The topological polar surface area (TPSA) is 49.8 Å². The van der Waals surface area contributed by atoms with Crippen molar-refractivity contribution in [3.63, 3.8) is 0 Å². The molecule has 0 atom stereocenters. The highest BCUT2D eigenvalue weighted by Crippen LogP contribution is 2.33. The van der Waals surface area contributed by atoms with Crippen molar-refractivity contribution >= 4 is 16.6 Å². The average molecular weight is 438 g/mol. The zero-order chi connectivity index (χ0) is 22.6. The number of benzene rings is 4. The van der Waals surface area contributed by atoms with Gasteiger partial charge in [0.25, 0.3) is 0 Å². The highest BCUT2D eigenvalue weighted by molar-refractivity contribution is 6.20. The lowest BCUT2D eigenvalue weighted by atomic mass is 9.89. The van der Waals surface area contributed by atoms with Crippen LogP contribution in [0.3, 0.4) is 0 Å². The predicted molar refractivity (Wildman–Crippen MR) is 132 cm³/mol. The Bertz CT molecular complexity index is 1260. The van der Waals surface area contributed by atoms with E-state index >= 15 is 0 Å². The Morgan fingerprint density at radius 2 is 1.58 bits per heavy atom. The van der Waals surface area contributed by atoms with Gasteiger partial charge < -0.3 is 9.84 Å². The van der Waals surface area contributed by atoms with E-state index in [1.165, 1.54) is 12.8 Å². The molecule has 0 bridgehead atoms. The maximum Gasteiger partial charge on any atom is 0.194 e. The molecule has 4 nitrogen and oxygen atoms in total. The van der Waals surface area contributed by atoms with Crippen molar-refractivity contribution in [2.24, 2.45) is 0 Å². The molecule has 0 unspecified atom stereocenters. The number of aromatic hydroxyl groups is 1. The fourth-order valence-corrected chi connectivity index (χ4v) is 4.54. The number of hydrogen-bond donors (Lipinski definition) is 1. The summed E-state index contributed by atoms with van der Waals surface area (Å²) in [4.78, 5) is 16.1. The molecule has 0 aliphatic carbocycles. The third kappa shape index (κ3) is 4.62. The molecule has 4 heteroatoms. The van der Waals surface area contributed by atoms with Crippen LogP contribution in [0.5, 0.6) is 11.5 Å². The van der Waals surface area contributed by atoms with E-state index in [0.717, 1.165) is 47.3 Å². The van der Waals surface area contributed by atoms with Crippen molar-refractivity contribution in [3.8, 4) is 22.6 Å². The summed E-state index contributed by atoms with van der Waals surface area (Å²) in [6, 6.07) is 26.4. The highest BCUT2D eigenvalue weighted by atomic mass is 16.5. The molecular weight excluding hydrogens is 410 g/mol. The summed E-state index contributed by atoms with van der Waals surface area (Å²) in [5.41, 5.74) is 3.04. The van der Waals surface area contributed by atoms with Crippen molar-refractivity contribution in [1.82, 2.24) is 4.90 Å². The first-order chi connectivity index (χ1) is 16.2. The zero-order valence-corrected chi connectivity index (χ0v) is 18.5. The molecule has 1 fully saturated rings. The Morgan fingerprint density at radius 1 is 0.848 bits per heavy atom. The molecule has 1 aliphatic heterocycles. The van der Waals surface area contributed by atoms with Gasteiger partial charge in [-0.1, -0.05) is 48.5 Å². The van der Waals surface area contributed by atoms with E-state index in [-0.39, 0.29) is 11.5 Å². The SMILES string of the molecule is O=C(c1ccc(OCCN2CCCC2)cc1)c1c(-c2ccc(O)cc2)ccc2ccccc12. The minimum Gasteiger partial charge on any atom is -0.508 e. The molecule has 4 aromatic rings. The summed E-state index contributed by atoms with van der Waals surface area (Å²) in [5, 5.41) is 11.6. The monoisotopic (exact) mass is 437 g/mol. The number of carbonyl (C=O) groups excluding carboxylic acids is 1. The van der Waals surface area contributed by atoms with Crippen LogP contribution in [0.15, 0.2) is 84.9 Å². The third-order valence-corrected chi connectivity index (χ3v) is 6.33. The van der Waals surface area contributed by atoms with E-state index in [0.29, 0.717) is 17.7 Å². The zero-order valence-electron chi connectivity index (χ0n) is 18.5. The summed E-state index contributed by atoms with van der Waals surface area (Å²) in [6.45, 7) is 3.91. The quantitative estimate of drug-likeness (QED) is 0.365. The highest BCUT2D eigenvalue weighted by Gasteiger charge is 2.19. The molecule has 166 valence electrons. The molecule has 0 aromatic heterocycles. The van der Waals surface area contributed by atoms with Crippen LogP contribution in [0, 0.1) is 0 Å². The number of phenols is 1. The molecule has 1 N–H and O–H groups in total. The number of fused-ring (bicyclic) bond motifs is 1. The van der Waals surface area contributed by atoms with Gasteiger partial charge in [-0.3, -0.25) is 9.69 Å². The molecule has 33 heavy (non-hydrogen) atoms. The summed E-state index contributed by atoms with van der Waals surface area (Å²) >= 11 is 0. The van der Waals surface area contributed by atoms with Gasteiger partial charge in [0.15, 0.2) is 5.78 Å². The molecule has 0 radical (unpaired) electrons. The Kier molecular flexibility index (Phi) is 6.09. The number of hydrogen-bond acceptors (Lipinski definition) is 4. The summed E-state index contributed by atoms with van der Waals surface area (Å²) in [7, 11) is 0. The van der Waals surface area contributed by atoms with E-state index in [4.69, 9.17) is 4.74 Å². The second-order valence-electron chi connectivity index (χ2n) is 8.51. The number of ketones is 1. The fraction of sp³-hybridized carbons (Fsp3) is 0.207. The summed E-state index contributed by atoms with van der Waals surface area (Å²) in [6.07, 6.45) is 2.55. The molecule has 1 saturated heterocycles. The van der Waals surface area contributed by atoms with Crippen molar-refractivity contribution in [1.29, 1.82) is 0 Å². The van der Waals surface area contributed by atoms with Crippen LogP contribution in [-0.2, 0) is 0 Å². The van der Waals surface area contributed by atoms with E-state index in [1.807, 2.05) is 72.8 Å². The maximum atomic E-state index is 13.7. The van der Waals surface area contributed by atoms with Crippen LogP contribution in [0.2, 0.25) is 0 Å². The minimum absolute atomic E-state index is 0.0292. The van der Waals surface area contributed by atoms with Gasteiger partial charge in [0.2, 0.25) is 0 Å². The maximum absolute atomic E-state index is 13.7. The largest absolute Gasteiger partial charge is 0.508 e. The Balaban J connectivity index is 1.43. The summed E-state index contributed by atoms with van der Waals surface area (Å²) < 4.78 is 5.91. The van der Waals surface area contributed by atoms with Gasteiger partial charge in [0.1, 0.15) is 18.1 Å². The number of carbonyl (C=O) groups is 1. The second kappa shape index (κ2) is 9.47. The van der Waals surface area contributed by atoms with Crippen LogP contribution in [0.25, 0.3) is 21.9 Å². The molecular formula is C29H27NO3. The number of nitrogens with zero attached hydrogens (tertiary/aromatic N) is 1. The van der Waals surface area contributed by atoms with Gasteiger partial charge in [-0.15, -0.1) is 0 Å². The first-order valence-electron chi connectivity index (χ1n) is 11.5. The van der Waals surface area contributed by atoms with Crippen LogP contribution in [-0.4, -0.2) is 42.0 Å². The predicted octanol–water partition coefficient (Wildman–Crippen LogP) is 5.92. The van der Waals surface area contributed by atoms with E-state index < -0.39 is 0 Å². The lowest BCUT2D eigenvalue weighted by molar-refractivity contribution is 0.104. The number of rotatable bonds is 7. The standard InChI is InChI=1S/C29H27NO3/c31-24-12-7-22(8-13-24)27-16-11-21-5-1-2-6-26(21)28(27)29(32)23-9-14-25(15-10-23)33-20-19-30-17-3-4-18-30/h1-2,5-16,31H,3-4,17-20H2. The van der Waals surface area contributed by atoms with Crippen LogP contribution in [0.1, 0.15) is 28.8 Å². The lowest BCUT2D eigenvalue weighted by Gasteiger charge is -2.15. The average Bonchev–Trinajstić information content (AvgIpc) is 3.37. The van der Waals surface area contributed by atoms with Crippen LogP contribution < -0.4 is 4.74 Å². The van der Waals surface area contributed by atoms with Gasteiger partial charge >= 0.3 is 0 Å². The molecule has 0 saturated carbocycles.